The Bertz CT molecular complexity index is 375. The summed E-state index contributed by atoms with van der Waals surface area (Å²) in [5.41, 5.74) is 1.85. The predicted molar refractivity (Wildman–Crippen MR) is 61.8 cm³/mol. The molecular weight excluding hydrogens is 204 g/mol. The fourth-order valence-electron chi connectivity index (χ4n) is 2.17. The highest BCUT2D eigenvalue weighted by molar-refractivity contribution is 6.15. The molecule has 0 fully saturated rings. The number of allylic oxidation sites excluding steroid dienone is 1. The molecule has 1 rings (SSSR count). The number of hydrogen-bond acceptors (Lipinski definition) is 3. The van der Waals surface area contributed by atoms with Crippen molar-refractivity contribution in [2.24, 2.45) is 11.8 Å². The lowest BCUT2D eigenvalue weighted by Gasteiger charge is -2.17. The molecule has 16 heavy (non-hydrogen) atoms. The number of Topliss-reactive ketones (excluding diaryl/α,β-unsaturated/α-hetero) is 1. The van der Waals surface area contributed by atoms with Gasteiger partial charge in [0.15, 0.2) is 5.78 Å². The first-order valence-corrected chi connectivity index (χ1v) is 5.52. The van der Waals surface area contributed by atoms with Gasteiger partial charge in [0.1, 0.15) is 5.92 Å². The largest absolute Gasteiger partial charge is 0.465 e. The molecule has 0 aliphatic heterocycles. The molecule has 1 aliphatic rings. The second-order valence-electron chi connectivity index (χ2n) is 4.27. The lowest BCUT2D eigenvalue weighted by Crippen LogP contribution is -2.21. The number of hydrogen-bond donors (Lipinski definition) is 0. The van der Waals surface area contributed by atoms with E-state index < -0.39 is 5.92 Å². The van der Waals surface area contributed by atoms with Gasteiger partial charge in [-0.05, 0) is 30.9 Å². The zero-order chi connectivity index (χ0) is 12.5. The van der Waals surface area contributed by atoms with Crippen LogP contribution in [-0.2, 0) is 14.3 Å². The first kappa shape index (κ1) is 12.7. The zero-order valence-corrected chi connectivity index (χ0v) is 10.3. The van der Waals surface area contributed by atoms with Crippen molar-refractivity contribution >= 4 is 11.8 Å². The third-order valence-corrected chi connectivity index (χ3v) is 2.87. The van der Waals surface area contributed by atoms with E-state index in [0.29, 0.717) is 17.8 Å². The molecule has 1 aliphatic carbocycles. The standard InChI is InChI=1S/C13H18O3/c1-6-16-13(15)11-9(5)12(14)8(4)10(11)7(2)3/h7,11H,5-6H2,1-4H3. The van der Waals surface area contributed by atoms with Crippen molar-refractivity contribution in [3.8, 4) is 0 Å². The van der Waals surface area contributed by atoms with Gasteiger partial charge in [0.25, 0.3) is 0 Å². The second kappa shape index (κ2) is 4.64. The average Bonchev–Trinajstić information content (AvgIpc) is 2.43. The van der Waals surface area contributed by atoms with Crippen molar-refractivity contribution in [1.29, 1.82) is 0 Å². The van der Waals surface area contributed by atoms with E-state index >= 15 is 0 Å². The molecule has 0 aromatic carbocycles. The van der Waals surface area contributed by atoms with Crippen LogP contribution in [0.25, 0.3) is 0 Å². The SMILES string of the molecule is C=C1C(=O)C(C)=C(C(C)C)C1C(=O)OCC. The minimum Gasteiger partial charge on any atom is -0.465 e. The zero-order valence-electron chi connectivity index (χ0n) is 10.3. The van der Waals surface area contributed by atoms with Crippen molar-refractivity contribution < 1.29 is 14.3 Å². The fourth-order valence-corrected chi connectivity index (χ4v) is 2.17. The summed E-state index contributed by atoms with van der Waals surface area (Å²) in [5, 5.41) is 0. The van der Waals surface area contributed by atoms with Crippen molar-refractivity contribution in [1.82, 2.24) is 0 Å². The number of rotatable bonds is 3. The van der Waals surface area contributed by atoms with Crippen LogP contribution >= 0.6 is 0 Å². The molecule has 88 valence electrons. The molecule has 0 heterocycles. The van der Waals surface area contributed by atoms with Gasteiger partial charge in [-0.1, -0.05) is 20.4 Å². The van der Waals surface area contributed by atoms with Gasteiger partial charge in [0, 0.05) is 5.57 Å². The molecule has 0 saturated heterocycles. The predicted octanol–water partition coefficient (Wildman–Crippen LogP) is 2.28. The molecule has 1 atom stereocenters. The summed E-state index contributed by atoms with van der Waals surface area (Å²) < 4.78 is 4.99. The summed E-state index contributed by atoms with van der Waals surface area (Å²) in [4.78, 5) is 23.6. The molecule has 0 amide bonds. The highest BCUT2D eigenvalue weighted by Crippen LogP contribution is 2.38. The van der Waals surface area contributed by atoms with Gasteiger partial charge in [0.05, 0.1) is 6.61 Å². The lowest BCUT2D eigenvalue weighted by molar-refractivity contribution is -0.145. The number of carbonyl (C=O) groups excluding carboxylic acids is 2. The van der Waals surface area contributed by atoms with Crippen LogP contribution in [0.15, 0.2) is 23.3 Å². The van der Waals surface area contributed by atoms with E-state index in [4.69, 9.17) is 4.74 Å². The first-order valence-electron chi connectivity index (χ1n) is 5.52. The molecule has 1 unspecified atom stereocenters. The van der Waals surface area contributed by atoms with Gasteiger partial charge < -0.3 is 4.74 Å². The third kappa shape index (κ3) is 1.94. The van der Waals surface area contributed by atoms with Crippen LogP contribution < -0.4 is 0 Å². The molecule has 0 radical (unpaired) electrons. The van der Waals surface area contributed by atoms with Crippen LogP contribution in [0.3, 0.4) is 0 Å². The van der Waals surface area contributed by atoms with Crippen LogP contribution in [0.1, 0.15) is 27.7 Å². The molecule has 0 bridgehead atoms. The Kier molecular flexibility index (Phi) is 3.68. The number of carbonyl (C=O) groups is 2. The Hall–Kier alpha value is -1.38. The van der Waals surface area contributed by atoms with E-state index in [0.717, 1.165) is 5.57 Å². The summed E-state index contributed by atoms with van der Waals surface area (Å²) in [6, 6.07) is 0. The summed E-state index contributed by atoms with van der Waals surface area (Å²) in [7, 11) is 0. The Morgan fingerprint density at radius 2 is 2.06 bits per heavy atom. The Morgan fingerprint density at radius 3 is 2.50 bits per heavy atom. The second-order valence-corrected chi connectivity index (χ2v) is 4.27. The highest BCUT2D eigenvalue weighted by Gasteiger charge is 2.40. The first-order chi connectivity index (χ1) is 7.41. The molecular formula is C13H18O3. The normalized spacial score (nSPS) is 20.9. The maximum absolute atomic E-state index is 11.8. The van der Waals surface area contributed by atoms with Crippen molar-refractivity contribution in [3.05, 3.63) is 23.3 Å². The van der Waals surface area contributed by atoms with E-state index in [-0.39, 0.29) is 17.7 Å². The molecule has 3 nitrogen and oxygen atoms in total. The number of ether oxygens (including phenoxy) is 1. The molecule has 3 heteroatoms. The maximum Gasteiger partial charge on any atom is 0.317 e. The topological polar surface area (TPSA) is 43.4 Å². The Morgan fingerprint density at radius 1 is 1.50 bits per heavy atom. The quantitative estimate of drug-likeness (QED) is 0.543. The van der Waals surface area contributed by atoms with Crippen molar-refractivity contribution in [2.45, 2.75) is 27.7 Å². The van der Waals surface area contributed by atoms with Gasteiger partial charge in [-0.3, -0.25) is 9.59 Å². The Balaban J connectivity index is 3.12. The maximum atomic E-state index is 11.8. The van der Waals surface area contributed by atoms with E-state index in [1.807, 2.05) is 13.8 Å². The summed E-state index contributed by atoms with van der Waals surface area (Å²) in [5.74, 6) is -0.881. The van der Waals surface area contributed by atoms with Crippen LogP contribution in [-0.4, -0.2) is 18.4 Å². The minimum absolute atomic E-state index is 0.109. The molecule has 0 saturated carbocycles. The lowest BCUT2D eigenvalue weighted by atomic mass is 9.89. The number of esters is 1. The summed E-state index contributed by atoms with van der Waals surface area (Å²) >= 11 is 0. The van der Waals surface area contributed by atoms with Crippen molar-refractivity contribution in [2.75, 3.05) is 6.61 Å². The van der Waals surface area contributed by atoms with Gasteiger partial charge in [0.2, 0.25) is 0 Å². The Labute approximate surface area is 96.2 Å². The van der Waals surface area contributed by atoms with E-state index in [1.165, 1.54) is 0 Å². The molecule has 0 spiro atoms. The average molecular weight is 222 g/mol. The van der Waals surface area contributed by atoms with Gasteiger partial charge in [-0.25, -0.2) is 0 Å². The summed E-state index contributed by atoms with van der Waals surface area (Å²) in [6.45, 7) is 11.5. The van der Waals surface area contributed by atoms with Gasteiger partial charge in [-0.2, -0.15) is 0 Å². The minimum atomic E-state index is -0.563. The van der Waals surface area contributed by atoms with Crippen molar-refractivity contribution in [3.63, 3.8) is 0 Å². The van der Waals surface area contributed by atoms with E-state index in [2.05, 4.69) is 6.58 Å². The van der Waals surface area contributed by atoms with E-state index in [9.17, 15) is 9.59 Å². The summed E-state index contributed by atoms with van der Waals surface area (Å²) in [6.07, 6.45) is 0. The number of ketones is 1. The van der Waals surface area contributed by atoms with Crippen LogP contribution in [0.4, 0.5) is 0 Å². The van der Waals surface area contributed by atoms with Crippen LogP contribution in [0.2, 0.25) is 0 Å². The monoisotopic (exact) mass is 222 g/mol. The van der Waals surface area contributed by atoms with E-state index in [1.54, 1.807) is 13.8 Å². The van der Waals surface area contributed by atoms with Gasteiger partial charge in [-0.15, -0.1) is 0 Å². The smallest absolute Gasteiger partial charge is 0.317 e. The van der Waals surface area contributed by atoms with Crippen LogP contribution in [0, 0.1) is 11.8 Å². The third-order valence-electron chi connectivity index (χ3n) is 2.87. The molecule has 0 aromatic rings. The fraction of sp³-hybridized carbons (Fsp3) is 0.538. The molecule has 0 aromatic heterocycles. The van der Waals surface area contributed by atoms with Gasteiger partial charge >= 0.3 is 5.97 Å². The van der Waals surface area contributed by atoms with Crippen LogP contribution in [0.5, 0.6) is 0 Å². The highest BCUT2D eigenvalue weighted by atomic mass is 16.5. The molecule has 0 N–H and O–H groups in total.